The van der Waals surface area contributed by atoms with Crippen molar-refractivity contribution < 1.29 is 4.42 Å². The molecule has 132 valence electrons. The molecule has 7 heteroatoms. The zero-order valence-corrected chi connectivity index (χ0v) is 14.8. The summed E-state index contributed by atoms with van der Waals surface area (Å²) in [5.41, 5.74) is 2.01. The highest BCUT2D eigenvalue weighted by molar-refractivity contribution is 5.55. The summed E-state index contributed by atoms with van der Waals surface area (Å²) in [4.78, 5) is 17.6. The van der Waals surface area contributed by atoms with Crippen molar-refractivity contribution in [1.29, 1.82) is 0 Å². The van der Waals surface area contributed by atoms with Gasteiger partial charge >= 0.3 is 0 Å². The van der Waals surface area contributed by atoms with Gasteiger partial charge in [0.15, 0.2) is 11.6 Å². The maximum Gasteiger partial charge on any atom is 0.195 e. The molecule has 26 heavy (non-hydrogen) atoms. The number of furan rings is 1. The van der Waals surface area contributed by atoms with E-state index in [1.807, 2.05) is 30.9 Å². The molecule has 0 amide bonds. The fourth-order valence-electron chi connectivity index (χ4n) is 2.89. The van der Waals surface area contributed by atoms with Crippen LogP contribution < -0.4 is 0 Å². The van der Waals surface area contributed by atoms with E-state index < -0.39 is 0 Å². The third kappa shape index (κ3) is 3.28. The Hall–Kier alpha value is -3.22. The van der Waals surface area contributed by atoms with Crippen molar-refractivity contribution >= 4 is 0 Å². The maximum absolute atomic E-state index is 5.33. The second-order valence-electron chi connectivity index (χ2n) is 6.58. The molecule has 0 spiro atoms. The van der Waals surface area contributed by atoms with Crippen molar-refractivity contribution in [3.05, 3.63) is 61.4 Å². The SMILES string of the molecule is CC(C)Cn1cncc1Cn1ccnc1-c1cnc(-c2ccco2)nc1. The van der Waals surface area contributed by atoms with Gasteiger partial charge in [-0.2, -0.15) is 0 Å². The highest BCUT2D eigenvalue weighted by Crippen LogP contribution is 2.20. The Morgan fingerprint density at radius 1 is 1.08 bits per heavy atom. The number of imidazole rings is 2. The van der Waals surface area contributed by atoms with E-state index in [-0.39, 0.29) is 0 Å². The van der Waals surface area contributed by atoms with Gasteiger partial charge in [0.1, 0.15) is 5.82 Å². The van der Waals surface area contributed by atoms with Gasteiger partial charge in [0.25, 0.3) is 0 Å². The molecule has 4 heterocycles. The van der Waals surface area contributed by atoms with Gasteiger partial charge in [-0.05, 0) is 18.1 Å². The molecule has 0 unspecified atom stereocenters. The molecule has 0 aliphatic carbocycles. The van der Waals surface area contributed by atoms with E-state index in [2.05, 4.69) is 42.9 Å². The third-order valence-corrected chi connectivity index (χ3v) is 4.06. The van der Waals surface area contributed by atoms with Crippen LogP contribution in [0.2, 0.25) is 0 Å². The minimum absolute atomic E-state index is 0.562. The molecule has 0 saturated carbocycles. The van der Waals surface area contributed by atoms with E-state index in [4.69, 9.17) is 4.42 Å². The van der Waals surface area contributed by atoms with Crippen molar-refractivity contribution in [2.24, 2.45) is 5.92 Å². The van der Waals surface area contributed by atoms with Crippen molar-refractivity contribution in [2.75, 3.05) is 0 Å². The molecule has 0 aromatic carbocycles. The standard InChI is InChI=1S/C19H20N6O/c1-14(2)11-25-13-20-10-16(25)12-24-6-5-21-19(24)15-8-22-18(23-9-15)17-4-3-7-26-17/h3-10,13-14H,11-12H2,1-2H3. The minimum atomic E-state index is 0.562. The van der Waals surface area contributed by atoms with Crippen LogP contribution in [0.5, 0.6) is 0 Å². The Bertz CT molecular complexity index is 966. The van der Waals surface area contributed by atoms with E-state index in [1.54, 1.807) is 24.9 Å². The van der Waals surface area contributed by atoms with Crippen LogP contribution in [0.4, 0.5) is 0 Å². The topological polar surface area (TPSA) is 74.6 Å². The average Bonchev–Trinajstić information content (AvgIpc) is 3.38. The zero-order valence-electron chi connectivity index (χ0n) is 14.8. The number of rotatable bonds is 6. The van der Waals surface area contributed by atoms with Gasteiger partial charge in [-0.3, -0.25) is 0 Å². The molecule has 4 aromatic heterocycles. The Morgan fingerprint density at radius 2 is 1.92 bits per heavy atom. The first-order chi connectivity index (χ1) is 12.7. The maximum atomic E-state index is 5.33. The highest BCUT2D eigenvalue weighted by Gasteiger charge is 2.12. The predicted molar refractivity (Wildman–Crippen MR) is 97.1 cm³/mol. The lowest BCUT2D eigenvalue weighted by Gasteiger charge is -2.12. The van der Waals surface area contributed by atoms with Crippen molar-refractivity contribution in [3.8, 4) is 23.0 Å². The van der Waals surface area contributed by atoms with Crippen LogP contribution in [0.15, 0.2) is 60.1 Å². The molecule has 7 nitrogen and oxygen atoms in total. The number of hydrogen-bond donors (Lipinski definition) is 0. The van der Waals surface area contributed by atoms with Gasteiger partial charge < -0.3 is 13.6 Å². The second-order valence-corrected chi connectivity index (χ2v) is 6.58. The Kier molecular flexibility index (Phi) is 4.35. The van der Waals surface area contributed by atoms with Crippen LogP contribution in [0.25, 0.3) is 23.0 Å². The molecule has 0 aliphatic heterocycles. The fraction of sp³-hybridized carbons (Fsp3) is 0.263. The molecule has 0 N–H and O–H groups in total. The minimum Gasteiger partial charge on any atom is -0.461 e. The van der Waals surface area contributed by atoms with Crippen molar-refractivity contribution in [2.45, 2.75) is 26.9 Å². The molecule has 4 aromatic rings. The molecule has 0 atom stereocenters. The van der Waals surface area contributed by atoms with Gasteiger partial charge in [0, 0.05) is 37.5 Å². The number of hydrogen-bond acceptors (Lipinski definition) is 5. The summed E-state index contributed by atoms with van der Waals surface area (Å²) in [5.74, 6) is 2.60. The largest absolute Gasteiger partial charge is 0.461 e. The van der Waals surface area contributed by atoms with Gasteiger partial charge in [-0.15, -0.1) is 0 Å². The quantitative estimate of drug-likeness (QED) is 0.533. The fourth-order valence-corrected chi connectivity index (χ4v) is 2.89. The molecule has 0 bridgehead atoms. The van der Waals surface area contributed by atoms with Gasteiger partial charge in [0.2, 0.25) is 0 Å². The summed E-state index contributed by atoms with van der Waals surface area (Å²) in [5, 5.41) is 0. The summed E-state index contributed by atoms with van der Waals surface area (Å²) in [6.07, 6.45) is 12.7. The Morgan fingerprint density at radius 3 is 2.65 bits per heavy atom. The van der Waals surface area contributed by atoms with Crippen LogP contribution >= 0.6 is 0 Å². The summed E-state index contributed by atoms with van der Waals surface area (Å²) in [7, 11) is 0. The second kappa shape index (κ2) is 6.95. The van der Waals surface area contributed by atoms with Gasteiger partial charge in [-0.1, -0.05) is 13.8 Å². The lowest BCUT2D eigenvalue weighted by Crippen LogP contribution is -2.10. The normalized spacial score (nSPS) is 11.3. The first kappa shape index (κ1) is 16.3. The third-order valence-electron chi connectivity index (χ3n) is 4.06. The van der Waals surface area contributed by atoms with E-state index in [1.165, 1.54) is 0 Å². The van der Waals surface area contributed by atoms with Crippen LogP contribution in [0.1, 0.15) is 19.5 Å². The summed E-state index contributed by atoms with van der Waals surface area (Å²) < 4.78 is 9.60. The lowest BCUT2D eigenvalue weighted by molar-refractivity contribution is 0.504. The lowest BCUT2D eigenvalue weighted by atomic mass is 10.2. The summed E-state index contributed by atoms with van der Waals surface area (Å²) in [6, 6.07) is 3.66. The van der Waals surface area contributed by atoms with Crippen molar-refractivity contribution in [3.63, 3.8) is 0 Å². The van der Waals surface area contributed by atoms with Crippen LogP contribution in [0.3, 0.4) is 0 Å². The molecule has 4 rings (SSSR count). The van der Waals surface area contributed by atoms with Gasteiger partial charge in [0.05, 0.1) is 30.4 Å². The molecule has 0 saturated heterocycles. The molecular weight excluding hydrogens is 328 g/mol. The molecule has 0 radical (unpaired) electrons. The van der Waals surface area contributed by atoms with E-state index in [0.29, 0.717) is 24.0 Å². The molecular formula is C19H20N6O. The number of nitrogens with zero attached hydrogens (tertiary/aromatic N) is 6. The summed E-state index contributed by atoms with van der Waals surface area (Å²) >= 11 is 0. The van der Waals surface area contributed by atoms with Gasteiger partial charge in [-0.25, -0.2) is 19.9 Å². The van der Waals surface area contributed by atoms with Crippen LogP contribution in [-0.2, 0) is 13.1 Å². The Balaban J connectivity index is 1.58. The van der Waals surface area contributed by atoms with Crippen molar-refractivity contribution in [1.82, 2.24) is 29.1 Å². The smallest absolute Gasteiger partial charge is 0.195 e. The van der Waals surface area contributed by atoms with Crippen LogP contribution in [-0.4, -0.2) is 29.1 Å². The summed E-state index contributed by atoms with van der Waals surface area (Å²) in [6.45, 7) is 6.04. The van der Waals surface area contributed by atoms with E-state index >= 15 is 0 Å². The molecule has 0 aliphatic rings. The van der Waals surface area contributed by atoms with Crippen LogP contribution in [0, 0.1) is 5.92 Å². The number of aromatic nitrogens is 6. The first-order valence-electron chi connectivity index (χ1n) is 8.57. The molecule has 0 fully saturated rings. The Labute approximate surface area is 151 Å². The van der Waals surface area contributed by atoms with E-state index in [9.17, 15) is 0 Å². The predicted octanol–water partition coefficient (Wildman–Crippen LogP) is 3.50. The first-order valence-corrected chi connectivity index (χ1v) is 8.57. The monoisotopic (exact) mass is 348 g/mol. The average molecular weight is 348 g/mol. The zero-order chi connectivity index (χ0) is 17.9. The highest BCUT2D eigenvalue weighted by atomic mass is 16.3. The van der Waals surface area contributed by atoms with E-state index in [0.717, 1.165) is 23.6 Å².